The predicted molar refractivity (Wildman–Crippen MR) is 106 cm³/mol. The molecule has 0 aromatic carbocycles. The molecular weight excluding hydrogens is 292 g/mol. The fourth-order valence-electron chi connectivity index (χ4n) is 4.90. The second-order valence-electron chi connectivity index (χ2n) is 9.45. The third-order valence-electron chi connectivity index (χ3n) is 6.23. The molecule has 0 saturated heterocycles. The lowest BCUT2D eigenvalue weighted by Gasteiger charge is -2.42. The molecule has 0 bridgehead atoms. The molecule has 0 heterocycles. The van der Waals surface area contributed by atoms with Crippen molar-refractivity contribution in [2.75, 3.05) is 13.1 Å². The van der Waals surface area contributed by atoms with Crippen LogP contribution in [0.2, 0.25) is 0 Å². The fraction of sp³-hybridized carbons (Fsp3) is 1.00. The molecule has 0 radical (unpaired) electrons. The van der Waals surface area contributed by atoms with Crippen molar-refractivity contribution in [2.24, 2.45) is 23.7 Å². The summed E-state index contributed by atoms with van der Waals surface area (Å²) in [6.45, 7) is 11.7. The highest BCUT2D eigenvalue weighted by atomic mass is 15.0. The van der Waals surface area contributed by atoms with E-state index in [0.29, 0.717) is 12.1 Å². The maximum absolute atomic E-state index is 4.05. The Morgan fingerprint density at radius 2 is 0.917 bits per heavy atom. The van der Waals surface area contributed by atoms with Crippen LogP contribution in [-0.4, -0.2) is 25.2 Å². The Morgan fingerprint density at radius 1 is 0.583 bits per heavy atom. The topological polar surface area (TPSA) is 24.1 Å². The van der Waals surface area contributed by atoms with E-state index in [1.54, 1.807) is 0 Å². The maximum atomic E-state index is 4.05. The Labute approximate surface area is 151 Å². The molecule has 2 heteroatoms. The van der Waals surface area contributed by atoms with Crippen LogP contribution < -0.4 is 10.6 Å². The van der Waals surface area contributed by atoms with E-state index in [9.17, 15) is 0 Å². The SMILES string of the molecule is CC(C)CN[C@@H](C1CCCCC1)[C@@H](NCC(C)C)C1CCCCC1. The Kier molecular flexibility index (Phi) is 9.11. The normalized spacial score (nSPS) is 23.8. The molecular formula is C22H44N2. The van der Waals surface area contributed by atoms with E-state index in [1.165, 1.54) is 77.3 Å². The van der Waals surface area contributed by atoms with Crippen LogP contribution in [0, 0.1) is 23.7 Å². The molecule has 2 aliphatic rings. The van der Waals surface area contributed by atoms with Gasteiger partial charge in [-0.3, -0.25) is 0 Å². The molecule has 2 fully saturated rings. The minimum absolute atomic E-state index is 0.689. The zero-order valence-electron chi connectivity index (χ0n) is 16.9. The van der Waals surface area contributed by atoms with Gasteiger partial charge in [-0.15, -0.1) is 0 Å². The van der Waals surface area contributed by atoms with Crippen LogP contribution in [0.5, 0.6) is 0 Å². The van der Waals surface area contributed by atoms with Gasteiger partial charge in [0.05, 0.1) is 0 Å². The zero-order valence-corrected chi connectivity index (χ0v) is 16.9. The molecule has 2 nitrogen and oxygen atoms in total. The van der Waals surface area contributed by atoms with Gasteiger partial charge in [-0.1, -0.05) is 66.2 Å². The van der Waals surface area contributed by atoms with E-state index >= 15 is 0 Å². The van der Waals surface area contributed by atoms with Gasteiger partial charge in [-0.05, 0) is 62.4 Å². The van der Waals surface area contributed by atoms with Gasteiger partial charge in [0.1, 0.15) is 0 Å². The van der Waals surface area contributed by atoms with Crippen molar-refractivity contribution in [1.82, 2.24) is 10.6 Å². The van der Waals surface area contributed by atoms with Gasteiger partial charge in [0.25, 0.3) is 0 Å². The molecule has 0 amide bonds. The number of rotatable bonds is 9. The van der Waals surface area contributed by atoms with Crippen LogP contribution in [0.3, 0.4) is 0 Å². The van der Waals surface area contributed by atoms with Crippen molar-refractivity contribution in [2.45, 2.75) is 104 Å². The minimum Gasteiger partial charge on any atom is -0.312 e. The van der Waals surface area contributed by atoms with Crippen LogP contribution >= 0.6 is 0 Å². The number of hydrogen-bond acceptors (Lipinski definition) is 2. The Balaban J connectivity index is 2.09. The third kappa shape index (κ3) is 6.67. The first-order chi connectivity index (χ1) is 11.6. The lowest BCUT2D eigenvalue weighted by molar-refractivity contribution is 0.152. The molecule has 0 aromatic heterocycles. The first-order valence-electron chi connectivity index (χ1n) is 11.0. The van der Waals surface area contributed by atoms with E-state index in [0.717, 1.165) is 23.7 Å². The van der Waals surface area contributed by atoms with Crippen molar-refractivity contribution < 1.29 is 0 Å². The second-order valence-corrected chi connectivity index (χ2v) is 9.45. The molecule has 142 valence electrons. The summed E-state index contributed by atoms with van der Waals surface area (Å²) in [4.78, 5) is 0. The minimum atomic E-state index is 0.689. The summed E-state index contributed by atoms with van der Waals surface area (Å²) in [7, 11) is 0. The molecule has 2 saturated carbocycles. The van der Waals surface area contributed by atoms with E-state index in [-0.39, 0.29) is 0 Å². The predicted octanol–water partition coefficient (Wildman–Crippen LogP) is 5.38. The van der Waals surface area contributed by atoms with Crippen molar-refractivity contribution in [3.05, 3.63) is 0 Å². The van der Waals surface area contributed by atoms with Gasteiger partial charge in [0.2, 0.25) is 0 Å². The molecule has 0 spiro atoms. The van der Waals surface area contributed by atoms with Crippen molar-refractivity contribution in [3.63, 3.8) is 0 Å². The molecule has 2 N–H and O–H groups in total. The van der Waals surface area contributed by atoms with Crippen molar-refractivity contribution >= 4 is 0 Å². The lowest BCUT2D eigenvalue weighted by atomic mass is 9.73. The molecule has 2 rings (SSSR count). The summed E-state index contributed by atoms with van der Waals surface area (Å²) in [5.41, 5.74) is 0. The van der Waals surface area contributed by atoms with E-state index in [2.05, 4.69) is 38.3 Å². The molecule has 0 unspecified atom stereocenters. The molecule has 2 atom stereocenters. The Hall–Kier alpha value is -0.0800. The largest absolute Gasteiger partial charge is 0.312 e. The Morgan fingerprint density at radius 3 is 1.21 bits per heavy atom. The average Bonchev–Trinajstić information content (AvgIpc) is 2.59. The van der Waals surface area contributed by atoms with Crippen LogP contribution in [-0.2, 0) is 0 Å². The highest BCUT2D eigenvalue weighted by Crippen LogP contribution is 2.34. The first kappa shape index (κ1) is 20.2. The van der Waals surface area contributed by atoms with Gasteiger partial charge >= 0.3 is 0 Å². The molecule has 0 aliphatic heterocycles. The van der Waals surface area contributed by atoms with Crippen molar-refractivity contribution in [1.29, 1.82) is 0 Å². The van der Waals surface area contributed by atoms with Crippen molar-refractivity contribution in [3.8, 4) is 0 Å². The summed E-state index contributed by atoms with van der Waals surface area (Å²) in [5.74, 6) is 3.27. The van der Waals surface area contributed by atoms with Crippen LogP contribution in [0.1, 0.15) is 91.9 Å². The summed E-state index contributed by atoms with van der Waals surface area (Å²) >= 11 is 0. The van der Waals surface area contributed by atoms with Gasteiger partial charge in [0, 0.05) is 12.1 Å². The van der Waals surface area contributed by atoms with Crippen LogP contribution in [0.4, 0.5) is 0 Å². The van der Waals surface area contributed by atoms with Crippen LogP contribution in [0.15, 0.2) is 0 Å². The summed E-state index contributed by atoms with van der Waals surface area (Å²) < 4.78 is 0. The quantitative estimate of drug-likeness (QED) is 0.591. The van der Waals surface area contributed by atoms with E-state index < -0.39 is 0 Å². The fourth-order valence-corrected chi connectivity index (χ4v) is 4.90. The summed E-state index contributed by atoms with van der Waals surface area (Å²) in [6.07, 6.45) is 14.5. The Bertz CT molecular complexity index is 282. The second kappa shape index (κ2) is 10.8. The molecule has 24 heavy (non-hydrogen) atoms. The van der Waals surface area contributed by atoms with Crippen LogP contribution in [0.25, 0.3) is 0 Å². The summed E-state index contributed by atoms with van der Waals surface area (Å²) in [5, 5.41) is 8.10. The lowest BCUT2D eigenvalue weighted by Crippen LogP contribution is -2.57. The number of hydrogen-bond donors (Lipinski definition) is 2. The maximum Gasteiger partial charge on any atom is 0.0252 e. The number of nitrogens with one attached hydrogen (secondary N) is 2. The monoisotopic (exact) mass is 336 g/mol. The smallest absolute Gasteiger partial charge is 0.0252 e. The highest BCUT2D eigenvalue weighted by Gasteiger charge is 2.35. The van der Waals surface area contributed by atoms with Gasteiger partial charge < -0.3 is 10.6 Å². The third-order valence-corrected chi connectivity index (χ3v) is 6.23. The summed E-state index contributed by atoms with van der Waals surface area (Å²) in [6, 6.07) is 1.38. The average molecular weight is 337 g/mol. The van der Waals surface area contributed by atoms with E-state index in [4.69, 9.17) is 0 Å². The van der Waals surface area contributed by atoms with E-state index in [1.807, 2.05) is 0 Å². The molecule has 0 aromatic rings. The van der Waals surface area contributed by atoms with Gasteiger partial charge in [-0.2, -0.15) is 0 Å². The standard InChI is InChI=1S/C22H44N2/c1-17(2)15-23-21(19-11-7-5-8-12-19)22(24-16-18(3)4)20-13-9-6-10-14-20/h17-24H,5-16H2,1-4H3/t21-,22-/m0/s1. The highest BCUT2D eigenvalue weighted by molar-refractivity contribution is 4.94. The van der Waals surface area contributed by atoms with Gasteiger partial charge in [0.15, 0.2) is 0 Å². The first-order valence-corrected chi connectivity index (χ1v) is 11.0. The van der Waals surface area contributed by atoms with Gasteiger partial charge in [-0.25, -0.2) is 0 Å². The molecule has 2 aliphatic carbocycles. The zero-order chi connectivity index (χ0) is 17.4.